The molecule has 0 radical (unpaired) electrons. The highest BCUT2D eigenvalue weighted by molar-refractivity contribution is 5.84. The van der Waals surface area contributed by atoms with E-state index in [4.69, 9.17) is 0 Å². The van der Waals surface area contributed by atoms with Gasteiger partial charge in [-0.1, -0.05) is 26.7 Å². The zero-order valence-corrected chi connectivity index (χ0v) is 11.3. The Kier molecular flexibility index (Phi) is 4.54. The largest absolute Gasteiger partial charge is 0.468 e. The van der Waals surface area contributed by atoms with Gasteiger partial charge in [0.05, 0.1) is 7.11 Å². The summed E-state index contributed by atoms with van der Waals surface area (Å²) in [5.41, 5.74) is 0.0414. The van der Waals surface area contributed by atoms with E-state index in [1.165, 1.54) is 18.4 Å². The molecule has 1 saturated carbocycles. The van der Waals surface area contributed by atoms with Gasteiger partial charge in [0, 0.05) is 13.0 Å². The Hall–Kier alpha value is -1.06. The molecule has 0 aromatic carbocycles. The first-order valence-corrected chi connectivity index (χ1v) is 6.20. The van der Waals surface area contributed by atoms with E-state index in [0.29, 0.717) is 0 Å². The van der Waals surface area contributed by atoms with Crippen LogP contribution in [0.1, 0.15) is 39.5 Å². The zero-order valence-electron chi connectivity index (χ0n) is 11.3. The van der Waals surface area contributed by atoms with Gasteiger partial charge in [0.2, 0.25) is 5.91 Å². The number of amides is 1. The molecule has 1 fully saturated rings. The predicted octanol–water partition coefficient (Wildman–Crippen LogP) is 1.83. The molecule has 1 rings (SSSR count). The third-order valence-corrected chi connectivity index (χ3v) is 3.78. The Morgan fingerprint density at radius 1 is 1.35 bits per heavy atom. The Labute approximate surface area is 103 Å². The Morgan fingerprint density at radius 3 is 2.53 bits per heavy atom. The fourth-order valence-corrected chi connectivity index (χ4v) is 2.55. The maximum absolute atomic E-state index is 12.3. The van der Waals surface area contributed by atoms with Gasteiger partial charge in [-0.2, -0.15) is 0 Å². The van der Waals surface area contributed by atoms with E-state index in [1.807, 2.05) is 0 Å². The molecular formula is C13H23NO3. The van der Waals surface area contributed by atoms with Crippen molar-refractivity contribution in [3.05, 3.63) is 0 Å². The molecule has 0 saturated heterocycles. The molecule has 1 atom stereocenters. The Morgan fingerprint density at radius 2 is 2.00 bits per heavy atom. The molecule has 1 aliphatic rings. The van der Waals surface area contributed by atoms with Gasteiger partial charge in [-0.05, 0) is 18.3 Å². The van der Waals surface area contributed by atoms with Gasteiger partial charge in [-0.15, -0.1) is 0 Å². The second-order valence-corrected chi connectivity index (χ2v) is 5.56. The summed E-state index contributed by atoms with van der Waals surface area (Å²) in [5.74, 6) is -0.263. The van der Waals surface area contributed by atoms with Gasteiger partial charge >= 0.3 is 5.97 Å². The van der Waals surface area contributed by atoms with Crippen LogP contribution >= 0.6 is 0 Å². The lowest BCUT2D eigenvalue weighted by Crippen LogP contribution is -2.43. The third-order valence-electron chi connectivity index (χ3n) is 3.78. The second kappa shape index (κ2) is 5.52. The molecule has 4 heteroatoms. The summed E-state index contributed by atoms with van der Waals surface area (Å²) in [4.78, 5) is 24.9. The summed E-state index contributed by atoms with van der Waals surface area (Å²) in [6.45, 7) is 4.32. The summed E-state index contributed by atoms with van der Waals surface area (Å²) in [5, 5.41) is 0. The van der Waals surface area contributed by atoms with E-state index < -0.39 is 0 Å². The van der Waals surface area contributed by atoms with E-state index in [9.17, 15) is 9.59 Å². The summed E-state index contributed by atoms with van der Waals surface area (Å²) in [7, 11) is 3.01. The predicted molar refractivity (Wildman–Crippen MR) is 65.4 cm³/mol. The lowest BCUT2D eigenvalue weighted by Gasteiger charge is -2.39. The van der Waals surface area contributed by atoms with Gasteiger partial charge in [0.25, 0.3) is 0 Å². The molecule has 4 nitrogen and oxygen atoms in total. The molecule has 17 heavy (non-hydrogen) atoms. The number of methoxy groups -OCH3 is 1. The number of likely N-dealkylation sites (N-methyl/N-ethyl adjacent to an activating group) is 1. The van der Waals surface area contributed by atoms with Crippen molar-refractivity contribution in [3.63, 3.8) is 0 Å². The zero-order chi connectivity index (χ0) is 13.1. The van der Waals surface area contributed by atoms with Crippen LogP contribution in [0.25, 0.3) is 0 Å². The lowest BCUT2D eigenvalue weighted by molar-refractivity contribution is -0.149. The molecule has 0 aromatic rings. The average molecular weight is 241 g/mol. The Bertz CT molecular complexity index is 299. The molecule has 1 aliphatic carbocycles. The monoisotopic (exact) mass is 241 g/mol. The Balaban J connectivity index is 2.64. The van der Waals surface area contributed by atoms with Crippen molar-refractivity contribution in [2.45, 2.75) is 39.5 Å². The third kappa shape index (κ3) is 3.45. The standard InChI is InChI=1S/C13H23NO3/c1-13(2)8-6-5-7-10(13)12(16)14(3)9-11(15)17-4/h10H,5-9H2,1-4H3. The van der Waals surface area contributed by atoms with Crippen LogP contribution in [0.15, 0.2) is 0 Å². The number of nitrogens with zero attached hydrogens (tertiary/aromatic N) is 1. The minimum Gasteiger partial charge on any atom is -0.468 e. The smallest absolute Gasteiger partial charge is 0.325 e. The summed E-state index contributed by atoms with van der Waals surface area (Å²) < 4.78 is 4.58. The van der Waals surface area contributed by atoms with E-state index in [1.54, 1.807) is 7.05 Å². The van der Waals surface area contributed by atoms with Gasteiger partial charge < -0.3 is 9.64 Å². The molecule has 98 valence electrons. The second-order valence-electron chi connectivity index (χ2n) is 5.56. The normalized spacial score (nSPS) is 22.9. The molecule has 0 aromatic heterocycles. The van der Waals surface area contributed by atoms with Crippen molar-refractivity contribution in [2.75, 3.05) is 20.7 Å². The van der Waals surface area contributed by atoms with Gasteiger partial charge in [0.1, 0.15) is 6.54 Å². The van der Waals surface area contributed by atoms with Crippen LogP contribution in [0.5, 0.6) is 0 Å². The number of carbonyl (C=O) groups excluding carboxylic acids is 2. The highest BCUT2D eigenvalue weighted by Gasteiger charge is 2.38. The summed E-state index contributed by atoms with van der Waals surface area (Å²) in [6.07, 6.45) is 4.30. The van der Waals surface area contributed by atoms with Gasteiger partial charge in [0.15, 0.2) is 0 Å². The topological polar surface area (TPSA) is 46.6 Å². The highest BCUT2D eigenvalue weighted by atomic mass is 16.5. The minimum atomic E-state index is -0.366. The molecule has 1 unspecified atom stereocenters. The first-order chi connectivity index (χ1) is 7.88. The molecule has 1 amide bonds. The minimum absolute atomic E-state index is 0.0332. The number of ether oxygens (including phenoxy) is 1. The van der Waals surface area contributed by atoms with E-state index in [-0.39, 0.29) is 29.8 Å². The van der Waals surface area contributed by atoms with Crippen LogP contribution in [0.4, 0.5) is 0 Å². The maximum Gasteiger partial charge on any atom is 0.325 e. The average Bonchev–Trinajstić information content (AvgIpc) is 2.27. The van der Waals surface area contributed by atoms with Gasteiger partial charge in [-0.3, -0.25) is 9.59 Å². The number of rotatable bonds is 3. The van der Waals surface area contributed by atoms with Crippen molar-refractivity contribution in [3.8, 4) is 0 Å². The van der Waals surface area contributed by atoms with Crippen molar-refractivity contribution in [1.82, 2.24) is 4.90 Å². The molecule has 0 heterocycles. The fourth-order valence-electron chi connectivity index (χ4n) is 2.55. The first-order valence-electron chi connectivity index (χ1n) is 6.20. The molecule has 0 spiro atoms. The summed E-state index contributed by atoms with van der Waals surface area (Å²) >= 11 is 0. The van der Waals surface area contributed by atoms with Crippen LogP contribution in [-0.4, -0.2) is 37.5 Å². The first kappa shape index (κ1) is 14.0. The van der Waals surface area contributed by atoms with E-state index >= 15 is 0 Å². The van der Waals surface area contributed by atoms with Crippen LogP contribution in [0.2, 0.25) is 0 Å². The number of hydrogen-bond acceptors (Lipinski definition) is 3. The van der Waals surface area contributed by atoms with Gasteiger partial charge in [-0.25, -0.2) is 0 Å². The number of esters is 1. The van der Waals surface area contributed by atoms with Crippen molar-refractivity contribution in [1.29, 1.82) is 0 Å². The van der Waals surface area contributed by atoms with Crippen molar-refractivity contribution < 1.29 is 14.3 Å². The van der Waals surface area contributed by atoms with E-state index in [0.717, 1.165) is 19.3 Å². The van der Waals surface area contributed by atoms with Crippen molar-refractivity contribution in [2.24, 2.45) is 11.3 Å². The number of hydrogen-bond donors (Lipinski definition) is 0. The van der Waals surface area contributed by atoms with Crippen LogP contribution < -0.4 is 0 Å². The van der Waals surface area contributed by atoms with E-state index in [2.05, 4.69) is 18.6 Å². The van der Waals surface area contributed by atoms with Crippen LogP contribution in [-0.2, 0) is 14.3 Å². The highest BCUT2D eigenvalue weighted by Crippen LogP contribution is 2.41. The quantitative estimate of drug-likeness (QED) is 0.708. The molecule has 0 N–H and O–H groups in total. The van der Waals surface area contributed by atoms with Crippen LogP contribution in [0.3, 0.4) is 0 Å². The fraction of sp³-hybridized carbons (Fsp3) is 0.846. The molecule has 0 bridgehead atoms. The lowest BCUT2D eigenvalue weighted by atomic mass is 9.68. The summed E-state index contributed by atoms with van der Waals surface area (Å²) in [6, 6.07) is 0. The maximum atomic E-state index is 12.3. The number of carbonyl (C=O) groups is 2. The molecule has 0 aliphatic heterocycles. The van der Waals surface area contributed by atoms with Crippen molar-refractivity contribution >= 4 is 11.9 Å². The van der Waals surface area contributed by atoms with Crippen LogP contribution in [0, 0.1) is 11.3 Å². The SMILES string of the molecule is COC(=O)CN(C)C(=O)C1CCCCC1(C)C. The molecular weight excluding hydrogens is 218 g/mol.